The summed E-state index contributed by atoms with van der Waals surface area (Å²) in [4.78, 5) is 18.7. The number of carbonyl (C=O) groups is 1. The Morgan fingerprint density at radius 2 is 1.80 bits per heavy atom. The van der Waals surface area contributed by atoms with E-state index in [1.807, 2.05) is 0 Å². The molecule has 0 aliphatic heterocycles. The third-order valence-corrected chi connectivity index (χ3v) is 3.58. The number of carbonyl (C=O) groups excluding carboxylic acids is 1. The monoisotopic (exact) mass is 357 g/mol. The van der Waals surface area contributed by atoms with Gasteiger partial charge in [-0.15, -0.1) is 0 Å². The molecule has 0 saturated heterocycles. The number of anilines is 4. The van der Waals surface area contributed by atoms with Crippen LogP contribution < -0.4 is 15.7 Å². The number of halogens is 2. The molecule has 126 valence electrons. The minimum atomic E-state index is -1.27. The highest BCUT2D eigenvalue weighted by Gasteiger charge is 2.09. The van der Waals surface area contributed by atoms with E-state index in [0.29, 0.717) is 16.4 Å². The van der Waals surface area contributed by atoms with Crippen LogP contribution in [0.25, 0.3) is 0 Å². The summed E-state index contributed by atoms with van der Waals surface area (Å²) in [6.45, 7) is 0. The van der Waals surface area contributed by atoms with E-state index in [2.05, 4.69) is 20.6 Å². The van der Waals surface area contributed by atoms with Crippen LogP contribution in [0.2, 0.25) is 5.02 Å². The van der Waals surface area contributed by atoms with E-state index < -0.39 is 11.8 Å². The second-order valence-electron chi connectivity index (χ2n) is 4.98. The van der Waals surface area contributed by atoms with Crippen LogP contribution in [0.15, 0.2) is 54.7 Å². The molecule has 0 unspecified atom stereocenters. The predicted octanol–water partition coefficient (Wildman–Crippen LogP) is 3.12. The second kappa shape index (κ2) is 7.14. The molecule has 0 atom stereocenters. The summed E-state index contributed by atoms with van der Waals surface area (Å²) in [6.07, 6.45) is 1.02. The Morgan fingerprint density at radius 3 is 2.48 bits per heavy atom. The van der Waals surface area contributed by atoms with Gasteiger partial charge in [0.25, 0.3) is 0 Å². The number of nitrogens with one attached hydrogen (secondary N) is 2. The normalized spacial score (nSPS) is 10.3. The maximum atomic E-state index is 13.9. The Bertz CT molecular complexity index is 919. The van der Waals surface area contributed by atoms with Crippen molar-refractivity contribution in [3.63, 3.8) is 0 Å². The van der Waals surface area contributed by atoms with Crippen LogP contribution >= 0.6 is 11.6 Å². The van der Waals surface area contributed by atoms with E-state index in [1.165, 1.54) is 24.3 Å². The van der Waals surface area contributed by atoms with E-state index >= 15 is 0 Å². The molecular formula is C17H11ClFN4O2-. The van der Waals surface area contributed by atoms with Crippen molar-refractivity contribution in [2.75, 3.05) is 10.6 Å². The van der Waals surface area contributed by atoms with Crippen molar-refractivity contribution in [2.45, 2.75) is 0 Å². The first-order valence-corrected chi connectivity index (χ1v) is 7.53. The Kier molecular flexibility index (Phi) is 4.76. The number of carboxylic acids is 1. The number of rotatable bonds is 5. The number of aromatic nitrogens is 2. The number of hydrogen-bond acceptors (Lipinski definition) is 6. The third-order valence-electron chi connectivity index (χ3n) is 3.25. The molecule has 0 spiro atoms. The van der Waals surface area contributed by atoms with Gasteiger partial charge < -0.3 is 20.5 Å². The van der Waals surface area contributed by atoms with Crippen LogP contribution in [-0.4, -0.2) is 15.9 Å². The maximum Gasteiger partial charge on any atom is 0.229 e. The first kappa shape index (κ1) is 16.7. The molecule has 0 bridgehead atoms. The van der Waals surface area contributed by atoms with Crippen molar-refractivity contribution in [1.82, 2.24) is 9.97 Å². The van der Waals surface area contributed by atoms with Crippen LogP contribution in [0.3, 0.4) is 0 Å². The molecule has 0 aliphatic carbocycles. The molecule has 2 aromatic carbocycles. The molecule has 0 fully saturated rings. The lowest BCUT2D eigenvalue weighted by Gasteiger charge is -2.11. The zero-order valence-electron chi connectivity index (χ0n) is 12.7. The standard InChI is InChI=1S/C17H12ClFN4O2/c18-12-3-1-2-4-14(12)22-15-13(19)9-20-17(23-15)21-11-7-5-10(6-8-11)16(24)25/h1-9H,(H,24,25)(H2,20,21,22,23)/p-1. The van der Waals surface area contributed by atoms with Gasteiger partial charge in [0.05, 0.1) is 22.9 Å². The quantitative estimate of drug-likeness (QED) is 0.729. The van der Waals surface area contributed by atoms with Crippen LogP contribution in [0, 0.1) is 5.82 Å². The fraction of sp³-hybridized carbons (Fsp3) is 0. The van der Waals surface area contributed by atoms with Gasteiger partial charge in [-0.05, 0) is 29.8 Å². The zero-order valence-corrected chi connectivity index (χ0v) is 13.4. The molecule has 3 rings (SSSR count). The number of para-hydroxylation sites is 1. The molecule has 0 saturated carbocycles. The molecule has 2 N–H and O–H groups in total. The molecule has 0 radical (unpaired) electrons. The highest BCUT2D eigenvalue weighted by atomic mass is 35.5. The smallest absolute Gasteiger partial charge is 0.229 e. The van der Waals surface area contributed by atoms with Gasteiger partial charge in [-0.2, -0.15) is 4.98 Å². The van der Waals surface area contributed by atoms with Crippen LogP contribution in [-0.2, 0) is 0 Å². The van der Waals surface area contributed by atoms with Gasteiger partial charge in [0, 0.05) is 5.69 Å². The van der Waals surface area contributed by atoms with Gasteiger partial charge in [0.15, 0.2) is 11.6 Å². The predicted molar refractivity (Wildman–Crippen MR) is 90.8 cm³/mol. The van der Waals surface area contributed by atoms with Crippen molar-refractivity contribution >= 4 is 40.7 Å². The summed E-state index contributed by atoms with van der Waals surface area (Å²) in [6, 6.07) is 12.7. The first-order chi connectivity index (χ1) is 12.0. The second-order valence-corrected chi connectivity index (χ2v) is 5.39. The molecule has 0 amide bonds. The highest BCUT2D eigenvalue weighted by Crippen LogP contribution is 2.26. The minimum Gasteiger partial charge on any atom is -0.545 e. The number of benzene rings is 2. The van der Waals surface area contributed by atoms with E-state index in [9.17, 15) is 14.3 Å². The van der Waals surface area contributed by atoms with Gasteiger partial charge in [0.2, 0.25) is 5.95 Å². The number of aromatic carboxylic acids is 1. The molecule has 0 aliphatic rings. The summed E-state index contributed by atoms with van der Waals surface area (Å²) in [5, 5.41) is 16.8. The Hall–Kier alpha value is -3.19. The van der Waals surface area contributed by atoms with Gasteiger partial charge in [0.1, 0.15) is 0 Å². The number of hydrogen-bond donors (Lipinski definition) is 2. The Morgan fingerprint density at radius 1 is 1.08 bits per heavy atom. The van der Waals surface area contributed by atoms with Crippen molar-refractivity contribution in [3.05, 3.63) is 71.1 Å². The molecule has 1 aromatic heterocycles. The lowest BCUT2D eigenvalue weighted by Crippen LogP contribution is -2.21. The van der Waals surface area contributed by atoms with Gasteiger partial charge in [-0.1, -0.05) is 35.9 Å². The van der Waals surface area contributed by atoms with Gasteiger partial charge in [-0.25, -0.2) is 9.37 Å². The lowest BCUT2D eigenvalue weighted by molar-refractivity contribution is -0.255. The van der Waals surface area contributed by atoms with Crippen molar-refractivity contribution < 1.29 is 14.3 Å². The van der Waals surface area contributed by atoms with Crippen molar-refractivity contribution in [1.29, 1.82) is 0 Å². The average molecular weight is 358 g/mol. The molecule has 8 heteroatoms. The summed E-state index contributed by atoms with van der Waals surface area (Å²) in [5.74, 6) is -1.82. The summed E-state index contributed by atoms with van der Waals surface area (Å²) in [5.41, 5.74) is 1.10. The van der Waals surface area contributed by atoms with E-state index in [-0.39, 0.29) is 17.3 Å². The van der Waals surface area contributed by atoms with Crippen molar-refractivity contribution in [2.24, 2.45) is 0 Å². The molecule has 25 heavy (non-hydrogen) atoms. The zero-order chi connectivity index (χ0) is 17.8. The molecular weight excluding hydrogens is 347 g/mol. The molecule has 6 nitrogen and oxygen atoms in total. The number of nitrogens with zero attached hydrogens (tertiary/aromatic N) is 2. The van der Waals surface area contributed by atoms with Crippen molar-refractivity contribution in [3.8, 4) is 0 Å². The SMILES string of the molecule is O=C([O-])c1ccc(Nc2ncc(F)c(Nc3ccccc3Cl)n2)cc1. The Labute approximate surface area is 147 Å². The average Bonchev–Trinajstić information content (AvgIpc) is 2.60. The fourth-order valence-electron chi connectivity index (χ4n) is 2.02. The molecule has 3 aromatic rings. The van der Waals surface area contributed by atoms with Crippen LogP contribution in [0.5, 0.6) is 0 Å². The summed E-state index contributed by atoms with van der Waals surface area (Å²) < 4.78 is 13.9. The highest BCUT2D eigenvalue weighted by molar-refractivity contribution is 6.33. The first-order valence-electron chi connectivity index (χ1n) is 7.15. The summed E-state index contributed by atoms with van der Waals surface area (Å²) in [7, 11) is 0. The van der Waals surface area contributed by atoms with Gasteiger partial charge >= 0.3 is 0 Å². The van der Waals surface area contributed by atoms with Gasteiger partial charge in [-0.3, -0.25) is 0 Å². The van der Waals surface area contributed by atoms with E-state index in [4.69, 9.17) is 11.6 Å². The Balaban J connectivity index is 1.81. The largest absolute Gasteiger partial charge is 0.545 e. The third kappa shape index (κ3) is 4.02. The van der Waals surface area contributed by atoms with Crippen LogP contribution in [0.1, 0.15) is 10.4 Å². The van der Waals surface area contributed by atoms with E-state index in [0.717, 1.165) is 6.20 Å². The summed E-state index contributed by atoms with van der Waals surface area (Å²) >= 11 is 6.04. The van der Waals surface area contributed by atoms with E-state index in [1.54, 1.807) is 24.3 Å². The lowest BCUT2D eigenvalue weighted by atomic mass is 10.2. The maximum absolute atomic E-state index is 13.9. The molecule has 1 heterocycles. The topological polar surface area (TPSA) is 90.0 Å². The van der Waals surface area contributed by atoms with Crippen LogP contribution in [0.4, 0.5) is 27.5 Å². The fourth-order valence-corrected chi connectivity index (χ4v) is 2.21. The number of carboxylic acid groups (broad SMARTS) is 1. The minimum absolute atomic E-state index is 0.0445.